The lowest BCUT2D eigenvalue weighted by molar-refractivity contribution is -0.138. The molecule has 0 saturated carbocycles. The summed E-state index contributed by atoms with van der Waals surface area (Å²) in [5, 5.41) is 8.61. The molecule has 1 atom stereocenters. The number of rotatable bonds is 3. The van der Waals surface area contributed by atoms with E-state index < -0.39 is 23.6 Å². The highest BCUT2D eigenvalue weighted by Crippen LogP contribution is 2.35. The van der Waals surface area contributed by atoms with Crippen molar-refractivity contribution >= 4 is 0 Å². The molecule has 3 N–H and O–H groups in total. The lowest BCUT2D eigenvalue weighted by Gasteiger charge is -2.17. The van der Waals surface area contributed by atoms with Crippen LogP contribution in [0.15, 0.2) is 18.2 Å². The molecule has 0 aromatic heterocycles. The van der Waals surface area contributed by atoms with E-state index in [0.29, 0.717) is 6.07 Å². The van der Waals surface area contributed by atoms with E-state index >= 15 is 0 Å². The second-order valence-corrected chi connectivity index (χ2v) is 3.35. The van der Waals surface area contributed by atoms with Crippen LogP contribution in [0.1, 0.15) is 23.6 Å². The monoisotopic (exact) mass is 237 g/mol. The van der Waals surface area contributed by atoms with Crippen LogP contribution in [0.2, 0.25) is 0 Å². The third-order valence-corrected chi connectivity index (χ3v) is 2.16. The first-order valence-electron chi connectivity index (χ1n) is 4.59. The van der Waals surface area contributed by atoms with Crippen LogP contribution in [0.5, 0.6) is 0 Å². The summed E-state index contributed by atoms with van der Waals surface area (Å²) in [6.45, 7) is -0.352. The molecule has 0 saturated heterocycles. The highest BCUT2D eigenvalue weighted by atomic mass is 19.4. The van der Waals surface area contributed by atoms with Crippen LogP contribution in [0, 0.1) is 5.82 Å². The van der Waals surface area contributed by atoms with Crippen LogP contribution in [0.4, 0.5) is 17.6 Å². The van der Waals surface area contributed by atoms with Crippen molar-refractivity contribution in [1.29, 1.82) is 0 Å². The van der Waals surface area contributed by atoms with E-state index in [4.69, 9.17) is 10.8 Å². The third-order valence-electron chi connectivity index (χ3n) is 2.16. The number of halogens is 4. The number of hydrogen-bond donors (Lipinski definition) is 2. The summed E-state index contributed by atoms with van der Waals surface area (Å²) >= 11 is 0. The second-order valence-electron chi connectivity index (χ2n) is 3.35. The van der Waals surface area contributed by atoms with E-state index in [1.807, 2.05) is 0 Å². The average Bonchev–Trinajstić information content (AvgIpc) is 2.16. The zero-order valence-electron chi connectivity index (χ0n) is 8.26. The smallest absolute Gasteiger partial charge is 0.396 e. The first-order valence-corrected chi connectivity index (χ1v) is 4.59. The molecule has 0 aliphatic heterocycles. The van der Waals surface area contributed by atoms with Gasteiger partial charge in [0.2, 0.25) is 0 Å². The molecule has 0 radical (unpaired) electrons. The minimum absolute atomic E-state index is 0.0491. The number of hydrogen-bond acceptors (Lipinski definition) is 2. The number of nitrogens with two attached hydrogens (primary N) is 1. The van der Waals surface area contributed by atoms with Crippen LogP contribution < -0.4 is 5.73 Å². The first-order chi connectivity index (χ1) is 7.36. The summed E-state index contributed by atoms with van der Waals surface area (Å²) in [6, 6.07) is 1.11. The van der Waals surface area contributed by atoms with E-state index in [9.17, 15) is 17.6 Å². The molecule has 16 heavy (non-hydrogen) atoms. The Morgan fingerprint density at radius 2 is 1.94 bits per heavy atom. The molecule has 0 aliphatic carbocycles. The second kappa shape index (κ2) is 4.80. The maximum absolute atomic E-state index is 12.9. The van der Waals surface area contributed by atoms with Gasteiger partial charge in [0.1, 0.15) is 5.82 Å². The van der Waals surface area contributed by atoms with Crippen molar-refractivity contribution in [2.24, 2.45) is 5.73 Å². The largest absolute Gasteiger partial charge is 0.416 e. The van der Waals surface area contributed by atoms with Gasteiger partial charge in [-0.05, 0) is 30.2 Å². The molecule has 6 heteroatoms. The van der Waals surface area contributed by atoms with Crippen LogP contribution >= 0.6 is 0 Å². The fraction of sp³-hybridized carbons (Fsp3) is 0.400. The van der Waals surface area contributed by atoms with Crippen molar-refractivity contribution in [3.8, 4) is 0 Å². The Hall–Kier alpha value is -1.14. The quantitative estimate of drug-likeness (QED) is 0.792. The van der Waals surface area contributed by atoms with Crippen LogP contribution in [0.3, 0.4) is 0 Å². The Morgan fingerprint density at radius 1 is 1.31 bits per heavy atom. The molecule has 0 unspecified atom stereocenters. The normalized spacial score (nSPS) is 13.9. The lowest BCUT2D eigenvalue weighted by Crippen LogP contribution is -2.18. The van der Waals surface area contributed by atoms with E-state index in [1.54, 1.807) is 0 Å². The van der Waals surface area contributed by atoms with Gasteiger partial charge >= 0.3 is 6.18 Å². The van der Waals surface area contributed by atoms with E-state index in [1.165, 1.54) is 0 Å². The summed E-state index contributed by atoms with van der Waals surface area (Å²) in [6.07, 6.45) is -4.62. The number of aliphatic hydroxyl groups excluding tert-OH is 1. The van der Waals surface area contributed by atoms with Gasteiger partial charge in [-0.25, -0.2) is 4.39 Å². The molecule has 1 aromatic carbocycles. The van der Waals surface area contributed by atoms with E-state index in [-0.39, 0.29) is 18.6 Å². The van der Waals surface area contributed by atoms with Crippen LogP contribution in [0.25, 0.3) is 0 Å². The van der Waals surface area contributed by atoms with Crippen molar-refractivity contribution in [3.63, 3.8) is 0 Å². The van der Waals surface area contributed by atoms with E-state index in [0.717, 1.165) is 12.1 Å². The van der Waals surface area contributed by atoms with Gasteiger partial charge in [0.25, 0.3) is 0 Å². The van der Waals surface area contributed by atoms with Gasteiger partial charge in [-0.15, -0.1) is 0 Å². The molecule has 90 valence electrons. The Labute approximate surface area is 89.7 Å². The third kappa shape index (κ3) is 2.93. The Morgan fingerprint density at radius 3 is 2.44 bits per heavy atom. The molecule has 0 fully saturated rings. The molecular weight excluding hydrogens is 226 g/mol. The topological polar surface area (TPSA) is 46.2 Å². The van der Waals surface area contributed by atoms with Crippen molar-refractivity contribution in [2.75, 3.05) is 6.61 Å². The number of aliphatic hydroxyl groups is 1. The van der Waals surface area contributed by atoms with Crippen molar-refractivity contribution in [2.45, 2.75) is 18.6 Å². The van der Waals surface area contributed by atoms with Gasteiger partial charge in [0.15, 0.2) is 0 Å². The maximum Gasteiger partial charge on any atom is 0.416 e. The van der Waals surface area contributed by atoms with Gasteiger partial charge in [-0.3, -0.25) is 0 Å². The number of benzene rings is 1. The Kier molecular flexibility index (Phi) is 3.88. The van der Waals surface area contributed by atoms with Crippen molar-refractivity contribution in [1.82, 2.24) is 0 Å². The highest BCUT2D eigenvalue weighted by Gasteiger charge is 2.34. The van der Waals surface area contributed by atoms with Gasteiger partial charge in [0.05, 0.1) is 5.56 Å². The fourth-order valence-corrected chi connectivity index (χ4v) is 1.39. The van der Waals surface area contributed by atoms with Gasteiger partial charge in [-0.2, -0.15) is 13.2 Å². The molecule has 0 amide bonds. The summed E-state index contributed by atoms with van der Waals surface area (Å²) in [7, 11) is 0. The average molecular weight is 237 g/mol. The lowest BCUT2D eigenvalue weighted by atomic mass is 9.98. The molecule has 0 spiro atoms. The first kappa shape index (κ1) is 12.9. The van der Waals surface area contributed by atoms with Gasteiger partial charge in [0, 0.05) is 12.6 Å². The van der Waals surface area contributed by atoms with Crippen LogP contribution in [-0.4, -0.2) is 11.7 Å². The Balaban J connectivity index is 3.18. The number of alkyl halides is 3. The van der Waals surface area contributed by atoms with Crippen LogP contribution in [-0.2, 0) is 6.18 Å². The van der Waals surface area contributed by atoms with E-state index in [2.05, 4.69) is 0 Å². The standard InChI is InChI=1S/C10H11F4NO/c11-6-1-2-8(10(12,13)14)7(5-6)9(15)3-4-16/h1-2,5,9,16H,3-4,15H2/t9-/m0/s1. The molecule has 1 aromatic rings. The summed E-state index contributed by atoms with van der Waals surface area (Å²) < 4.78 is 50.5. The zero-order chi connectivity index (χ0) is 12.3. The van der Waals surface area contributed by atoms with Gasteiger partial charge in [-0.1, -0.05) is 0 Å². The summed E-state index contributed by atoms with van der Waals surface area (Å²) in [5.74, 6) is -0.781. The molecule has 2 nitrogen and oxygen atoms in total. The van der Waals surface area contributed by atoms with Gasteiger partial charge < -0.3 is 10.8 Å². The van der Waals surface area contributed by atoms with Crippen molar-refractivity contribution < 1.29 is 22.7 Å². The summed E-state index contributed by atoms with van der Waals surface area (Å²) in [5.41, 5.74) is 4.15. The molecule has 0 aliphatic rings. The maximum atomic E-state index is 12.9. The summed E-state index contributed by atoms with van der Waals surface area (Å²) in [4.78, 5) is 0. The molecular formula is C10H11F4NO. The molecule has 0 heterocycles. The Bertz CT molecular complexity index is 364. The minimum Gasteiger partial charge on any atom is -0.396 e. The SMILES string of the molecule is N[C@@H](CCO)c1cc(F)ccc1C(F)(F)F. The van der Waals surface area contributed by atoms with Crippen molar-refractivity contribution in [3.05, 3.63) is 35.1 Å². The predicted octanol–water partition coefficient (Wildman–Crippen LogP) is 2.23. The fourth-order valence-electron chi connectivity index (χ4n) is 1.39. The molecule has 0 bridgehead atoms. The zero-order valence-corrected chi connectivity index (χ0v) is 8.26. The predicted molar refractivity (Wildman–Crippen MR) is 50.0 cm³/mol. The highest BCUT2D eigenvalue weighted by molar-refractivity contribution is 5.32. The minimum atomic E-state index is -4.57. The molecule has 1 rings (SSSR count).